The van der Waals surface area contributed by atoms with Crippen molar-refractivity contribution in [3.8, 4) is 0 Å². The quantitative estimate of drug-likeness (QED) is 0.770. The molecule has 1 fully saturated rings. The smallest absolute Gasteiger partial charge is 0.336 e. The van der Waals surface area contributed by atoms with E-state index in [-0.39, 0.29) is 0 Å². The molecule has 2 nitrogen and oxygen atoms in total. The second-order valence-electron chi connectivity index (χ2n) is 4.38. The lowest BCUT2D eigenvalue weighted by Crippen LogP contribution is -2.11. The molecular formula is C11H12O2S. The summed E-state index contributed by atoms with van der Waals surface area (Å²) in [5.41, 5.74) is 1.72. The molecule has 2 bridgehead atoms. The van der Waals surface area contributed by atoms with Crippen LogP contribution in [0.3, 0.4) is 0 Å². The Morgan fingerprint density at radius 1 is 1.50 bits per heavy atom. The molecular weight excluding hydrogens is 196 g/mol. The van der Waals surface area contributed by atoms with E-state index in [1.165, 1.54) is 24.1 Å². The summed E-state index contributed by atoms with van der Waals surface area (Å²) in [5.74, 6) is 0.700. The predicted octanol–water partition coefficient (Wildman–Crippen LogP) is 2.89. The highest BCUT2D eigenvalue weighted by molar-refractivity contribution is 7.10. The number of carboxylic acids is 1. The van der Waals surface area contributed by atoms with E-state index >= 15 is 0 Å². The molecule has 2 aliphatic carbocycles. The van der Waals surface area contributed by atoms with Crippen LogP contribution in [0, 0.1) is 5.92 Å². The van der Waals surface area contributed by atoms with Crippen LogP contribution in [0.1, 0.15) is 46.0 Å². The number of aromatic carboxylic acids is 1. The standard InChI is InChI=1S/C11H12O2S/c12-11(13)9-5-14-10-7-2-1-6(3-7)4-8(9)10/h5-7H,1-4H2,(H,12,13)/t6-,7+/m0/s1. The van der Waals surface area contributed by atoms with E-state index < -0.39 is 5.97 Å². The summed E-state index contributed by atoms with van der Waals surface area (Å²) in [6.07, 6.45) is 4.88. The highest BCUT2D eigenvalue weighted by Crippen LogP contribution is 2.49. The number of rotatable bonds is 1. The molecule has 74 valence electrons. The van der Waals surface area contributed by atoms with Gasteiger partial charge in [-0.2, -0.15) is 0 Å². The molecule has 0 aliphatic heterocycles. The minimum absolute atomic E-state index is 0.571. The molecule has 0 spiro atoms. The van der Waals surface area contributed by atoms with Crippen molar-refractivity contribution in [1.29, 1.82) is 0 Å². The zero-order chi connectivity index (χ0) is 9.71. The molecule has 0 aromatic carbocycles. The van der Waals surface area contributed by atoms with E-state index in [2.05, 4.69) is 0 Å². The topological polar surface area (TPSA) is 37.3 Å². The third-order valence-electron chi connectivity index (χ3n) is 3.56. The normalized spacial score (nSPS) is 28.9. The molecule has 0 radical (unpaired) electrons. The molecule has 3 heteroatoms. The lowest BCUT2D eigenvalue weighted by atomic mass is 9.87. The van der Waals surface area contributed by atoms with E-state index in [9.17, 15) is 4.79 Å². The molecule has 0 saturated heterocycles. The molecule has 0 amide bonds. The lowest BCUT2D eigenvalue weighted by Gasteiger charge is -2.19. The number of thiophene rings is 1. The van der Waals surface area contributed by atoms with Crippen molar-refractivity contribution >= 4 is 17.3 Å². The molecule has 1 aromatic rings. The first-order valence-corrected chi connectivity index (χ1v) is 5.97. The fraction of sp³-hybridized carbons (Fsp3) is 0.545. The average molecular weight is 208 g/mol. The van der Waals surface area contributed by atoms with Crippen LogP contribution in [-0.2, 0) is 6.42 Å². The van der Waals surface area contributed by atoms with Gasteiger partial charge in [0.25, 0.3) is 0 Å². The third kappa shape index (κ3) is 1.05. The molecule has 1 aromatic heterocycles. The SMILES string of the molecule is O=C(O)c1csc2c1C[C@H]1CC[C@@H]2C1. The molecule has 14 heavy (non-hydrogen) atoms. The van der Waals surface area contributed by atoms with Gasteiger partial charge in [0, 0.05) is 10.3 Å². The summed E-state index contributed by atoms with van der Waals surface area (Å²) in [7, 11) is 0. The molecule has 1 saturated carbocycles. The minimum atomic E-state index is -0.746. The maximum absolute atomic E-state index is 11.0. The zero-order valence-electron chi connectivity index (χ0n) is 7.82. The molecule has 0 unspecified atom stereocenters. The monoisotopic (exact) mass is 208 g/mol. The van der Waals surface area contributed by atoms with Gasteiger partial charge in [-0.15, -0.1) is 11.3 Å². The Balaban J connectivity index is 2.11. The molecule has 2 atom stereocenters. The van der Waals surface area contributed by atoms with E-state index in [1.54, 1.807) is 11.3 Å². The van der Waals surface area contributed by atoms with Gasteiger partial charge in [0.1, 0.15) is 0 Å². The Labute approximate surface area is 86.6 Å². The van der Waals surface area contributed by atoms with Gasteiger partial charge in [-0.25, -0.2) is 4.79 Å². The van der Waals surface area contributed by atoms with Crippen molar-refractivity contribution in [3.63, 3.8) is 0 Å². The van der Waals surface area contributed by atoms with Gasteiger partial charge in [0.2, 0.25) is 0 Å². The highest BCUT2D eigenvalue weighted by Gasteiger charge is 2.36. The van der Waals surface area contributed by atoms with Crippen LogP contribution in [0.4, 0.5) is 0 Å². The van der Waals surface area contributed by atoms with Crippen LogP contribution in [0.2, 0.25) is 0 Å². The first-order chi connectivity index (χ1) is 6.75. The van der Waals surface area contributed by atoms with Gasteiger partial charge in [-0.1, -0.05) is 0 Å². The van der Waals surface area contributed by atoms with E-state index in [0.717, 1.165) is 17.9 Å². The number of carboxylic acid groups (broad SMARTS) is 1. The van der Waals surface area contributed by atoms with Crippen molar-refractivity contribution in [3.05, 3.63) is 21.4 Å². The fourth-order valence-electron chi connectivity index (χ4n) is 2.92. The minimum Gasteiger partial charge on any atom is -0.478 e. The third-order valence-corrected chi connectivity index (χ3v) is 4.75. The zero-order valence-corrected chi connectivity index (χ0v) is 8.64. The average Bonchev–Trinajstić information content (AvgIpc) is 2.71. The Kier molecular flexibility index (Phi) is 1.71. The largest absolute Gasteiger partial charge is 0.478 e. The van der Waals surface area contributed by atoms with E-state index in [1.807, 2.05) is 5.38 Å². The highest BCUT2D eigenvalue weighted by atomic mass is 32.1. The van der Waals surface area contributed by atoms with Crippen molar-refractivity contribution in [2.45, 2.75) is 31.6 Å². The van der Waals surface area contributed by atoms with Gasteiger partial charge >= 0.3 is 5.97 Å². The van der Waals surface area contributed by atoms with Gasteiger partial charge < -0.3 is 5.11 Å². The van der Waals surface area contributed by atoms with Crippen LogP contribution in [0.5, 0.6) is 0 Å². The Hall–Kier alpha value is -0.830. The molecule has 2 aliphatic rings. The maximum atomic E-state index is 11.0. The second kappa shape index (κ2) is 2.83. The first-order valence-electron chi connectivity index (χ1n) is 5.09. The summed E-state index contributed by atoms with van der Waals surface area (Å²) in [6, 6.07) is 0. The first kappa shape index (κ1) is 8.48. The second-order valence-corrected chi connectivity index (χ2v) is 5.29. The van der Waals surface area contributed by atoms with Gasteiger partial charge in [-0.05, 0) is 43.1 Å². The van der Waals surface area contributed by atoms with E-state index in [4.69, 9.17) is 5.11 Å². The number of hydrogen-bond donors (Lipinski definition) is 1. The van der Waals surface area contributed by atoms with Crippen LogP contribution in [0.15, 0.2) is 5.38 Å². The molecule has 3 rings (SSSR count). The van der Waals surface area contributed by atoms with Crippen LogP contribution in [0.25, 0.3) is 0 Å². The van der Waals surface area contributed by atoms with Gasteiger partial charge in [0.05, 0.1) is 5.56 Å². The predicted molar refractivity (Wildman–Crippen MR) is 55.1 cm³/mol. The number of hydrogen-bond acceptors (Lipinski definition) is 2. The Morgan fingerprint density at radius 3 is 3.14 bits per heavy atom. The van der Waals surface area contributed by atoms with Crippen molar-refractivity contribution < 1.29 is 9.90 Å². The Bertz CT molecular complexity index is 394. The Morgan fingerprint density at radius 2 is 2.36 bits per heavy atom. The summed E-state index contributed by atoms with van der Waals surface area (Å²) < 4.78 is 0. The summed E-state index contributed by atoms with van der Waals surface area (Å²) >= 11 is 1.66. The van der Waals surface area contributed by atoms with Crippen LogP contribution in [-0.4, -0.2) is 11.1 Å². The van der Waals surface area contributed by atoms with E-state index in [0.29, 0.717) is 11.5 Å². The van der Waals surface area contributed by atoms with Crippen LogP contribution < -0.4 is 0 Å². The summed E-state index contributed by atoms with van der Waals surface area (Å²) in [4.78, 5) is 12.3. The summed E-state index contributed by atoms with van der Waals surface area (Å²) in [6.45, 7) is 0. The van der Waals surface area contributed by atoms with Crippen LogP contribution >= 0.6 is 11.3 Å². The fourth-order valence-corrected chi connectivity index (χ4v) is 4.15. The van der Waals surface area contributed by atoms with Gasteiger partial charge in [0.15, 0.2) is 0 Å². The molecule has 1 N–H and O–H groups in total. The number of carbonyl (C=O) groups is 1. The maximum Gasteiger partial charge on any atom is 0.336 e. The van der Waals surface area contributed by atoms with Crippen molar-refractivity contribution in [1.82, 2.24) is 0 Å². The van der Waals surface area contributed by atoms with Gasteiger partial charge in [-0.3, -0.25) is 0 Å². The molecule has 1 heterocycles. The summed E-state index contributed by atoms with van der Waals surface area (Å²) in [5, 5.41) is 10.9. The number of fused-ring (bicyclic) bond motifs is 4. The lowest BCUT2D eigenvalue weighted by molar-refractivity contribution is 0.0696. The van der Waals surface area contributed by atoms with Crippen molar-refractivity contribution in [2.75, 3.05) is 0 Å². The van der Waals surface area contributed by atoms with Crippen molar-refractivity contribution in [2.24, 2.45) is 5.92 Å².